The van der Waals surface area contributed by atoms with E-state index in [4.69, 9.17) is 4.74 Å². The number of methoxy groups -OCH3 is 1. The molecule has 0 fully saturated rings. The van der Waals surface area contributed by atoms with E-state index >= 15 is 0 Å². The summed E-state index contributed by atoms with van der Waals surface area (Å²) in [5, 5.41) is 12.5. The van der Waals surface area contributed by atoms with Gasteiger partial charge in [0.2, 0.25) is 0 Å². The van der Waals surface area contributed by atoms with Crippen molar-refractivity contribution < 1.29 is 9.53 Å². The summed E-state index contributed by atoms with van der Waals surface area (Å²) in [5.74, 6) is 1.67. The Morgan fingerprint density at radius 3 is 2.40 bits per heavy atom. The largest absolute Gasteiger partial charge is 0.497 e. The van der Waals surface area contributed by atoms with E-state index in [1.807, 2.05) is 31.2 Å². The summed E-state index contributed by atoms with van der Waals surface area (Å²) in [5.41, 5.74) is 6.73. The summed E-state index contributed by atoms with van der Waals surface area (Å²) in [7, 11) is 1.62. The minimum absolute atomic E-state index is 0.183. The standard InChI is InChI=1S/C21H22N4O2S3/c1-14-4-6-16(7-5-14)12-28-20-24-25-21(30-20)29-13-19(26)23-22-15(2)17-8-10-18(27-3)11-9-17/h4-11H,12-13H2,1-3H3,(H,23,26)/b22-15+. The Balaban J connectivity index is 1.43. The molecule has 0 saturated carbocycles. The molecule has 3 aromatic rings. The Kier molecular flexibility index (Phi) is 8.30. The Morgan fingerprint density at radius 2 is 1.73 bits per heavy atom. The fourth-order valence-electron chi connectivity index (χ4n) is 2.35. The van der Waals surface area contributed by atoms with Crippen LogP contribution < -0.4 is 10.2 Å². The van der Waals surface area contributed by atoms with Gasteiger partial charge < -0.3 is 4.74 Å². The van der Waals surface area contributed by atoms with E-state index in [-0.39, 0.29) is 11.7 Å². The van der Waals surface area contributed by atoms with E-state index in [0.717, 1.165) is 31.5 Å². The van der Waals surface area contributed by atoms with Gasteiger partial charge in [-0.1, -0.05) is 64.7 Å². The number of amides is 1. The van der Waals surface area contributed by atoms with E-state index in [1.165, 1.54) is 34.2 Å². The summed E-state index contributed by atoms with van der Waals surface area (Å²) < 4.78 is 6.81. The molecular formula is C21H22N4O2S3. The molecule has 1 N–H and O–H groups in total. The van der Waals surface area contributed by atoms with Gasteiger partial charge in [-0.05, 0) is 49.2 Å². The van der Waals surface area contributed by atoms with Gasteiger partial charge in [-0.3, -0.25) is 4.79 Å². The van der Waals surface area contributed by atoms with Gasteiger partial charge in [0.05, 0.1) is 18.6 Å². The zero-order chi connectivity index (χ0) is 21.3. The molecule has 6 nitrogen and oxygen atoms in total. The van der Waals surface area contributed by atoms with Crippen molar-refractivity contribution in [1.82, 2.24) is 15.6 Å². The quantitative estimate of drug-likeness (QED) is 0.282. The van der Waals surface area contributed by atoms with Gasteiger partial charge in [0, 0.05) is 5.75 Å². The van der Waals surface area contributed by atoms with Crippen LogP contribution in [-0.2, 0) is 10.5 Å². The lowest BCUT2D eigenvalue weighted by atomic mass is 10.1. The fraction of sp³-hybridized carbons (Fsp3) is 0.238. The van der Waals surface area contributed by atoms with Crippen LogP contribution in [0.3, 0.4) is 0 Å². The van der Waals surface area contributed by atoms with Gasteiger partial charge in [0.25, 0.3) is 5.91 Å². The Hall–Kier alpha value is -2.36. The molecule has 0 aliphatic heterocycles. The number of nitrogens with one attached hydrogen (secondary N) is 1. The molecule has 0 aliphatic rings. The van der Waals surface area contributed by atoms with E-state index < -0.39 is 0 Å². The average molecular weight is 459 g/mol. The smallest absolute Gasteiger partial charge is 0.250 e. The van der Waals surface area contributed by atoms with Crippen molar-refractivity contribution in [3.8, 4) is 5.75 Å². The number of hydrogen-bond acceptors (Lipinski definition) is 8. The molecule has 2 aromatic carbocycles. The molecule has 0 bridgehead atoms. The molecule has 30 heavy (non-hydrogen) atoms. The number of carbonyl (C=O) groups is 1. The molecule has 9 heteroatoms. The molecule has 156 valence electrons. The van der Waals surface area contributed by atoms with Crippen molar-refractivity contribution >= 4 is 46.5 Å². The maximum atomic E-state index is 12.1. The predicted molar refractivity (Wildman–Crippen MR) is 125 cm³/mol. The van der Waals surface area contributed by atoms with Crippen LogP contribution in [0.25, 0.3) is 0 Å². The molecule has 1 aromatic heterocycles. The minimum Gasteiger partial charge on any atom is -0.497 e. The number of thioether (sulfide) groups is 2. The van der Waals surface area contributed by atoms with Crippen LogP contribution in [0.1, 0.15) is 23.6 Å². The first-order chi connectivity index (χ1) is 14.5. The fourth-order valence-corrected chi connectivity index (χ4v) is 5.11. The van der Waals surface area contributed by atoms with E-state index in [1.54, 1.807) is 18.9 Å². The van der Waals surface area contributed by atoms with Crippen LogP contribution in [0.5, 0.6) is 5.75 Å². The lowest BCUT2D eigenvalue weighted by molar-refractivity contribution is -0.118. The summed E-state index contributed by atoms with van der Waals surface area (Å²) in [6.45, 7) is 3.92. The molecule has 0 spiro atoms. The lowest BCUT2D eigenvalue weighted by Crippen LogP contribution is -2.21. The monoisotopic (exact) mass is 458 g/mol. The van der Waals surface area contributed by atoms with E-state index in [0.29, 0.717) is 0 Å². The summed E-state index contributed by atoms with van der Waals surface area (Å²) in [6, 6.07) is 16.0. The first kappa shape index (κ1) is 22.3. The van der Waals surface area contributed by atoms with Crippen molar-refractivity contribution in [2.45, 2.75) is 28.3 Å². The average Bonchev–Trinajstić information content (AvgIpc) is 3.23. The van der Waals surface area contributed by atoms with Gasteiger partial charge in [0.1, 0.15) is 5.75 Å². The zero-order valence-electron chi connectivity index (χ0n) is 16.9. The van der Waals surface area contributed by atoms with E-state index in [2.05, 4.69) is 51.9 Å². The first-order valence-electron chi connectivity index (χ1n) is 9.15. The van der Waals surface area contributed by atoms with Gasteiger partial charge in [0.15, 0.2) is 8.68 Å². The van der Waals surface area contributed by atoms with Crippen LogP contribution in [0.15, 0.2) is 62.3 Å². The second-order valence-electron chi connectivity index (χ2n) is 6.36. The lowest BCUT2D eigenvalue weighted by Gasteiger charge is -2.04. The Bertz CT molecular complexity index is 1000. The minimum atomic E-state index is -0.183. The maximum absolute atomic E-state index is 12.1. The van der Waals surface area contributed by atoms with Crippen molar-refractivity contribution in [3.63, 3.8) is 0 Å². The Labute approximate surface area is 188 Å². The maximum Gasteiger partial charge on any atom is 0.250 e. The highest BCUT2D eigenvalue weighted by molar-refractivity contribution is 8.03. The van der Waals surface area contributed by atoms with Crippen LogP contribution in [0.2, 0.25) is 0 Å². The summed E-state index contributed by atoms with van der Waals surface area (Å²) in [4.78, 5) is 12.1. The molecule has 0 unspecified atom stereocenters. The van der Waals surface area contributed by atoms with E-state index in [9.17, 15) is 4.79 Å². The Morgan fingerprint density at radius 1 is 1.07 bits per heavy atom. The van der Waals surface area contributed by atoms with Crippen molar-refractivity contribution in [2.24, 2.45) is 5.10 Å². The third-order valence-corrected chi connectivity index (χ3v) is 7.31. The van der Waals surface area contributed by atoms with Crippen LogP contribution in [0, 0.1) is 6.92 Å². The number of rotatable bonds is 9. The van der Waals surface area contributed by atoms with Gasteiger partial charge in [-0.15, -0.1) is 10.2 Å². The highest BCUT2D eigenvalue weighted by Crippen LogP contribution is 2.30. The van der Waals surface area contributed by atoms with Crippen molar-refractivity contribution in [2.75, 3.05) is 12.9 Å². The topological polar surface area (TPSA) is 76.5 Å². The SMILES string of the molecule is COc1ccc(/C(C)=N/NC(=O)CSc2nnc(SCc3ccc(C)cc3)s2)cc1. The number of hydrazone groups is 1. The molecule has 1 heterocycles. The highest BCUT2D eigenvalue weighted by atomic mass is 32.2. The van der Waals surface area contributed by atoms with Crippen LogP contribution in [0.4, 0.5) is 0 Å². The van der Waals surface area contributed by atoms with Gasteiger partial charge in [-0.25, -0.2) is 5.43 Å². The third kappa shape index (κ3) is 6.86. The normalized spacial score (nSPS) is 11.4. The van der Waals surface area contributed by atoms with Gasteiger partial charge in [-0.2, -0.15) is 5.10 Å². The molecule has 3 rings (SSSR count). The number of nitrogens with zero attached hydrogens (tertiary/aromatic N) is 3. The van der Waals surface area contributed by atoms with Crippen molar-refractivity contribution in [3.05, 3.63) is 65.2 Å². The van der Waals surface area contributed by atoms with Crippen LogP contribution in [-0.4, -0.2) is 34.7 Å². The molecule has 1 amide bonds. The zero-order valence-corrected chi connectivity index (χ0v) is 19.4. The predicted octanol–water partition coefficient (Wildman–Crippen LogP) is 4.78. The second-order valence-corrected chi connectivity index (χ2v) is 9.78. The van der Waals surface area contributed by atoms with Crippen molar-refractivity contribution in [1.29, 1.82) is 0 Å². The second kappa shape index (κ2) is 11.1. The number of carbonyl (C=O) groups excluding carboxylic acids is 1. The molecule has 0 atom stereocenters. The van der Waals surface area contributed by atoms with Gasteiger partial charge >= 0.3 is 0 Å². The highest BCUT2D eigenvalue weighted by Gasteiger charge is 2.09. The number of ether oxygens (including phenoxy) is 1. The summed E-state index contributed by atoms with van der Waals surface area (Å²) in [6.07, 6.45) is 0. The van der Waals surface area contributed by atoms with Crippen LogP contribution >= 0.6 is 34.9 Å². The first-order valence-corrected chi connectivity index (χ1v) is 11.9. The number of benzene rings is 2. The molecule has 0 radical (unpaired) electrons. The molecule has 0 aliphatic carbocycles. The summed E-state index contributed by atoms with van der Waals surface area (Å²) >= 11 is 4.51. The number of hydrogen-bond donors (Lipinski definition) is 1. The number of aryl methyl sites for hydroxylation is 1. The number of aromatic nitrogens is 2. The third-order valence-electron chi connectivity index (χ3n) is 4.05. The molecular weight excluding hydrogens is 436 g/mol. The molecule has 0 saturated heterocycles.